The normalized spacial score (nSPS) is 10.5. The molecule has 0 saturated heterocycles. The molecule has 0 aliphatic heterocycles. The molecule has 7 heteroatoms. The minimum atomic E-state index is -0.365. The van der Waals surface area contributed by atoms with E-state index in [-0.39, 0.29) is 24.2 Å². The van der Waals surface area contributed by atoms with Crippen molar-refractivity contribution in [2.75, 3.05) is 17.8 Å². The lowest BCUT2D eigenvalue weighted by atomic mass is 10.2. The molecule has 1 aromatic carbocycles. The number of amides is 1. The van der Waals surface area contributed by atoms with E-state index >= 15 is 0 Å². The number of fused-ring (bicyclic) bond motifs is 1. The van der Waals surface area contributed by atoms with E-state index in [9.17, 15) is 9.59 Å². The third-order valence-corrected chi connectivity index (χ3v) is 3.59. The standard InChI is InChI=1S/C13H13ClN2O3S/c1-2-19-12(18)8-3-4-9-10(7-8)20-13(15-9)16-11(17)5-6-14/h3-4,7H,2,5-6H2,1H3,(H,15,16,17). The van der Waals surface area contributed by atoms with Crippen molar-refractivity contribution in [1.82, 2.24) is 4.98 Å². The van der Waals surface area contributed by atoms with Gasteiger partial charge in [-0.15, -0.1) is 11.6 Å². The number of hydrogen-bond donors (Lipinski definition) is 1. The zero-order valence-electron chi connectivity index (χ0n) is 10.8. The van der Waals surface area contributed by atoms with E-state index in [1.807, 2.05) is 0 Å². The molecule has 1 amide bonds. The molecule has 5 nitrogen and oxygen atoms in total. The fraction of sp³-hybridized carbons (Fsp3) is 0.308. The van der Waals surface area contributed by atoms with Crippen molar-refractivity contribution in [2.24, 2.45) is 0 Å². The summed E-state index contributed by atoms with van der Waals surface area (Å²) in [4.78, 5) is 27.4. The molecule has 2 aromatic rings. The summed E-state index contributed by atoms with van der Waals surface area (Å²) in [6.07, 6.45) is 0.242. The van der Waals surface area contributed by atoms with Crippen molar-refractivity contribution in [3.63, 3.8) is 0 Å². The molecule has 0 aliphatic carbocycles. The monoisotopic (exact) mass is 312 g/mol. The third-order valence-electron chi connectivity index (χ3n) is 2.47. The Bertz CT molecular complexity index is 642. The second kappa shape index (κ2) is 6.67. The Hall–Kier alpha value is -1.66. The average molecular weight is 313 g/mol. The highest BCUT2D eigenvalue weighted by molar-refractivity contribution is 7.22. The number of anilines is 1. The van der Waals surface area contributed by atoms with Crippen LogP contribution < -0.4 is 5.32 Å². The van der Waals surface area contributed by atoms with Gasteiger partial charge in [0.2, 0.25) is 5.91 Å². The average Bonchev–Trinajstić information content (AvgIpc) is 2.80. The van der Waals surface area contributed by atoms with Crippen molar-refractivity contribution in [3.8, 4) is 0 Å². The first-order chi connectivity index (χ1) is 9.63. The SMILES string of the molecule is CCOC(=O)c1ccc2nc(NC(=O)CCCl)sc2c1. The van der Waals surface area contributed by atoms with Gasteiger partial charge in [-0.3, -0.25) is 4.79 Å². The summed E-state index contributed by atoms with van der Waals surface area (Å²) < 4.78 is 5.76. The van der Waals surface area contributed by atoms with Crippen LogP contribution in [0.5, 0.6) is 0 Å². The number of halogens is 1. The Kier molecular flexibility index (Phi) is 4.92. The lowest BCUT2D eigenvalue weighted by Gasteiger charge is -2.00. The number of thiazole rings is 1. The number of nitrogens with zero attached hydrogens (tertiary/aromatic N) is 1. The van der Waals surface area contributed by atoms with Crippen LogP contribution in [0.2, 0.25) is 0 Å². The number of carbonyl (C=O) groups is 2. The van der Waals surface area contributed by atoms with Gasteiger partial charge < -0.3 is 10.1 Å². The summed E-state index contributed by atoms with van der Waals surface area (Å²) in [5, 5.41) is 3.17. The largest absolute Gasteiger partial charge is 0.462 e. The van der Waals surface area contributed by atoms with Crippen molar-refractivity contribution in [1.29, 1.82) is 0 Å². The molecule has 0 radical (unpaired) electrons. The highest BCUT2D eigenvalue weighted by Crippen LogP contribution is 2.27. The van der Waals surface area contributed by atoms with Crippen molar-refractivity contribution in [2.45, 2.75) is 13.3 Å². The number of hydrogen-bond acceptors (Lipinski definition) is 5. The summed E-state index contributed by atoms with van der Waals surface area (Å²) in [5.41, 5.74) is 1.20. The molecule has 0 bridgehead atoms. The molecule has 1 aromatic heterocycles. The lowest BCUT2D eigenvalue weighted by molar-refractivity contribution is -0.115. The molecule has 20 heavy (non-hydrogen) atoms. The minimum Gasteiger partial charge on any atom is -0.462 e. The van der Waals surface area contributed by atoms with Gasteiger partial charge in [-0.1, -0.05) is 11.3 Å². The van der Waals surface area contributed by atoms with Crippen molar-refractivity contribution < 1.29 is 14.3 Å². The highest BCUT2D eigenvalue weighted by atomic mass is 35.5. The Morgan fingerprint density at radius 3 is 2.95 bits per heavy atom. The summed E-state index contributed by atoms with van der Waals surface area (Å²) in [7, 11) is 0. The smallest absolute Gasteiger partial charge is 0.338 e. The van der Waals surface area contributed by atoms with Crippen LogP contribution in [0.3, 0.4) is 0 Å². The van der Waals surface area contributed by atoms with Gasteiger partial charge in [0.1, 0.15) is 0 Å². The molecule has 0 fully saturated rings. The van der Waals surface area contributed by atoms with Crippen LogP contribution in [0, 0.1) is 0 Å². The predicted molar refractivity (Wildman–Crippen MR) is 79.5 cm³/mol. The molecule has 1 heterocycles. The van der Waals surface area contributed by atoms with Crippen molar-refractivity contribution >= 4 is 50.2 Å². The molecule has 1 N–H and O–H groups in total. The van der Waals surface area contributed by atoms with E-state index < -0.39 is 0 Å². The van der Waals surface area contributed by atoms with E-state index in [4.69, 9.17) is 16.3 Å². The maximum Gasteiger partial charge on any atom is 0.338 e. The van der Waals surface area contributed by atoms with Gasteiger partial charge in [0, 0.05) is 12.3 Å². The van der Waals surface area contributed by atoms with Gasteiger partial charge in [-0.2, -0.15) is 0 Å². The Morgan fingerprint density at radius 1 is 1.45 bits per heavy atom. The molecule has 0 unspecified atom stereocenters. The first-order valence-corrected chi connectivity index (χ1v) is 7.42. The summed E-state index contributed by atoms with van der Waals surface area (Å²) in [5.74, 6) is -0.274. The molecule has 0 spiro atoms. The number of nitrogens with one attached hydrogen (secondary N) is 1. The zero-order valence-corrected chi connectivity index (χ0v) is 12.4. The number of rotatable bonds is 5. The molecule has 0 aliphatic rings. The quantitative estimate of drug-likeness (QED) is 0.680. The summed E-state index contributed by atoms with van der Waals surface area (Å²) in [6, 6.07) is 5.10. The topological polar surface area (TPSA) is 68.3 Å². The maximum absolute atomic E-state index is 11.6. The Labute approximate surface area is 124 Å². The zero-order chi connectivity index (χ0) is 14.5. The second-order valence-corrected chi connectivity index (χ2v) is 5.32. The van der Waals surface area contributed by atoms with Crippen LogP contribution in [0.15, 0.2) is 18.2 Å². The van der Waals surface area contributed by atoms with Crippen LogP contribution in [0.1, 0.15) is 23.7 Å². The van der Waals surface area contributed by atoms with Crippen molar-refractivity contribution in [3.05, 3.63) is 23.8 Å². The van der Waals surface area contributed by atoms with Gasteiger partial charge in [-0.05, 0) is 25.1 Å². The molecular formula is C13H13ClN2O3S. The Balaban J connectivity index is 2.21. The van der Waals surface area contributed by atoms with Crippen LogP contribution in [-0.4, -0.2) is 29.3 Å². The Morgan fingerprint density at radius 2 is 2.25 bits per heavy atom. The predicted octanol–water partition coefficient (Wildman–Crippen LogP) is 3.04. The minimum absolute atomic E-state index is 0.176. The molecule has 0 atom stereocenters. The molecule has 0 saturated carbocycles. The summed E-state index contributed by atoms with van der Waals surface area (Å²) >= 11 is 6.80. The van der Waals surface area contributed by atoms with Crippen LogP contribution in [0.25, 0.3) is 10.2 Å². The van der Waals surface area contributed by atoms with E-state index in [0.717, 1.165) is 10.2 Å². The number of alkyl halides is 1. The second-order valence-electron chi connectivity index (χ2n) is 3.91. The first kappa shape index (κ1) is 14.7. The fourth-order valence-corrected chi connectivity index (χ4v) is 2.68. The molecule has 106 valence electrons. The van der Waals surface area contributed by atoms with E-state index in [0.29, 0.717) is 17.3 Å². The molecular weight excluding hydrogens is 300 g/mol. The first-order valence-electron chi connectivity index (χ1n) is 6.07. The van der Waals surface area contributed by atoms with Gasteiger partial charge in [0.15, 0.2) is 5.13 Å². The molecule has 2 rings (SSSR count). The lowest BCUT2D eigenvalue weighted by Crippen LogP contribution is -2.11. The maximum atomic E-state index is 11.6. The highest BCUT2D eigenvalue weighted by Gasteiger charge is 2.11. The van der Waals surface area contributed by atoms with E-state index in [1.54, 1.807) is 25.1 Å². The van der Waals surface area contributed by atoms with Crippen LogP contribution in [0.4, 0.5) is 5.13 Å². The third kappa shape index (κ3) is 3.46. The number of ether oxygens (including phenoxy) is 1. The van der Waals surface area contributed by atoms with E-state index in [1.165, 1.54) is 11.3 Å². The van der Waals surface area contributed by atoms with Crippen LogP contribution in [-0.2, 0) is 9.53 Å². The number of aromatic nitrogens is 1. The number of esters is 1. The van der Waals surface area contributed by atoms with Gasteiger partial charge in [0.05, 0.1) is 22.4 Å². The van der Waals surface area contributed by atoms with E-state index in [2.05, 4.69) is 10.3 Å². The van der Waals surface area contributed by atoms with Crippen LogP contribution >= 0.6 is 22.9 Å². The van der Waals surface area contributed by atoms with Gasteiger partial charge in [0.25, 0.3) is 0 Å². The van der Waals surface area contributed by atoms with Gasteiger partial charge >= 0.3 is 5.97 Å². The summed E-state index contributed by atoms with van der Waals surface area (Å²) in [6.45, 7) is 2.09. The number of carbonyl (C=O) groups excluding carboxylic acids is 2. The number of benzene rings is 1. The van der Waals surface area contributed by atoms with Gasteiger partial charge in [-0.25, -0.2) is 9.78 Å². The fourth-order valence-electron chi connectivity index (χ4n) is 1.59.